The standard InChI is InChI=1S/C16H17BrN2O4/c1-2-18-9-11(16(21)22)15(20)10-7-12(17)14(8-13(10)18)19-3-5-23-6-4-19/h7-9H,2-6H2,1H3,(H,21,22). The van der Waals surface area contributed by atoms with E-state index in [4.69, 9.17) is 4.74 Å². The van der Waals surface area contributed by atoms with Crippen LogP contribution in [-0.2, 0) is 11.3 Å². The molecule has 1 aromatic heterocycles. The van der Waals surface area contributed by atoms with E-state index in [0.717, 1.165) is 28.8 Å². The van der Waals surface area contributed by atoms with Gasteiger partial charge in [0.25, 0.3) is 0 Å². The number of rotatable bonds is 3. The fraction of sp³-hybridized carbons (Fsp3) is 0.375. The Morgan fingerprint density at radius 3 is 2.65 bits per heavy atom. The van der Waals surface area contributed by atoms with Crippen molar-refractivity contribution in [1.82, 2.24) is 4.57 Å². The summed E-state index contributed by atoms with van der Waals surface area (Å²) in [6, 6.07) is 3.67. The second-order valence-corrected chi connectivity index (χ2v) is 6.24. The average Bonchev–Trinajstić information content (AvgIpc) is 2.55. The second-order valence-electron chi connectivity index (χ2n) is 5.38. The highest BCUT2D eigenvalue weighted by molar-refractivity contribution is 9.10. The first-order chi connectivity index (χ1) is 11.0. The van der Waals surface area contributed by atoms with E-state index in [1.165, 1.54) is 6.20 Å². The Hall–Kier alpha value is -1.86. The van der Waals surface area contributed by atoms with E-state index in [-0.39, 0.29) is 5.56 Å². The minimum atomic E-state index is -1.20. The molecule has 2 heterocycles. The molecule has 0 unspecified atom stereocenters. The third-order valence-electron chi connectivity index (χ3n) is 4.07. The predicted molar refractivity (Wildman–Crippen MR) is 91.6 cm³/mol. The lowest BCUT2D eigenvalue weighted by molar-refractivity contribution is 0.0695. The number of carboxylic acid groups (broad SMARTS) is 1. The van der Waals surface area contributed by atoms with Crippen molar-refractivity contribution >= 4 is 38.5 Å². The second kappa shape index (κ2) is 6.33. The molecule has 7 heteroatoms. The van der Waals surface area contributed by atoms with Crippen LogP contribution in [0.1, 0.15) is 17.3 Å². The summed E-state index contributed by atoms with van der Waals surface area (Å²) in [5.74, 6) is -1.20. The fourth-order valence-corrected chi connectivity index (χ4v) is 3.45. The Labute approximate surface area is 141 Å². The van der Waals surface area contributed by atoms with Gasteiger partial charge in [-0.15, -0.1) is 0 Å². The van der Waals surface area contributed by atoms with Gasteiger partial charge in [0.15, 0.2) is 0 Å². The van der Waals surface area contributed by atoms with Crippen molar-refractivity contribution in [3.05, 3.63) is 38.6 Å². The molecule has 0 atom stereocenters. The van der Waals surface area contributed by atoms with E-state index in [1.807, 2.05) is 13.0 Å². The van der Waals surface area contributed by atoms with Crippen molar-refractivity contribution in [2.24, 2.45) is 0 Å². The summed E-state index contributed by atoms with van der Waals surface area (Å²) in [4.78, 5) is 25.9. The molecular weight excluding hydrogens is 364 g/mol. The van der Waals surface area contributed by atoms with Gasteiger partial charge in [0, 0.05) is 35.7 Å². The number of hydrogen-bond donors (Lipinski definition) is 1. The largest absolute Gasteiger partial charge is 0.477 e. The number of anilines is 1. The fourth-order valence-electron chi connectivity index (χ4n) is 2.86. The molecule has 1 aliphatic heterocycles. The Kier molecular flexibility index (Phi) is 4.41. The summed E-state index contributed by atoms with van der Waals surface area (Å²) in [5, 5.41) is 9.64. The summed E-state index contributed by atoms with van der Waals surface area (Å²) in [6.07, 6.45) is 1.42. The van der Waals surface area contributed by atoms with Crippen LogP contribution < -0.4 is 10.3 Å². The molecular formula is C16H17BrN2O4. The van der Waals surface area contributed by atoms with E-state index in [1.54, 1.807) is 10.6 Å². The van der Waals surface area contributed by atoms with Crippen LogP contribution in [0.4, 0.5) is 5.69 Å². The Morgan fingerprint density at radius 2 is 2.04 bits per heavy atom. The maximum Gasteiger partial charge on any atom is 0.341 e. The van der Waals surface area contributed by atoms with E-state index in [2.05, 4.69) is 20.8 Å². The monoisotopic (exact) mass is 380 g/mol. The molecule has 122 valence electrons. The van der Waals surface area contributed by atoms with E-state index in [9.17, 15) is 14.7 Å². The first-order valence-corrected chi connectivity index (χ1v) is 8.25. The van der Waals surface area contributed by atoms with Gasteiger partial charge in [-0.25, -0.2) is 4.79 Å². The molecule has 1 N–H and O–H groups in total. The zero-order chi connectivity index (χ0) is 16.6. The highest BCUT2D eigenvalue weighted by atomic mass is 79.9. The zero-order valence-corrected chi connectivity index (χ0v) is 14.3. The maximum atomic E-state index is 12.4. The van der Waals surface area contributed by atoms with Crippen molar-refractivity contribution in [1.29, 1.82) is 0 Å². The molecule has 0 spiro atoms. The molecule has 1 aliphatic rings. The SMILES string of the molecule is CCn1cc(C(=O)O)c(=O)c2cc(Br)c(N3CCOCC3)cc21. The summed E-state index contributed by atoms with van der Waals surface area (Å²) >= 11 is 3.52. The van der Waals surface area contributed by atoms with Crippen LogP contribution in [0, 0.1) is 0 Å². The number of ether oxygens (including phenoxy) is 1. The summed E-state index contributed by atoms with van der Waals surface area (Å²) in [7, 11) is 0. The number of nitrogens with zero attached hydrogens (tertiary/aromatic N) is 2. The molecule has 1 saturated heterocycles. The Balaban J connectivity index is 2.24. The van der Waals surface area contributed by atoms with E-state index >= 15 is 0 Å². The van der Waals surface area contributed by atoms with Gasteiger partial charge in [0.2, 0.25) is 5.43 Å². The number of aryl methyl sites for hydroxylation is 1. The number of aromatic carboxylic acids is 1. The third kappa shape index (κ3) is 2.86. The molecule has 0 bridgehead atoms. The molecule has 23 heavy (non-hydrogen) atoms. The number of fused-ring (bicyclic) bond motifs is 1. The van der Waals surface area contributed by atoms with Crippen molar-refractivity contribution in [2.75, 3.05) is 31.2 Å². The summed E-state index contributed by atoms with van der Waals surface area (Å²) in [6.45, 7) is 5.42. The van der Waals surface area contributed by atoms with Gasteiger partial charge < -0.3 is 19.3 Å². The molecule has 0 radical (unpaired) electrons. The van der Waals surface area contributed by atoms with Gasteiger partial charge in [-0.05, 0) is 35.0 Å². The van der Waals surface area contributed by atoms with Crippen LogP contribution in [0.3, 0.4) is 0 Å². The normalized spacial score (nSPS) is 15.1. The van der Waals surface area contributed by atoms with Crippen LogP contribution in [0.15, 0.2) is 27.6 Å². The van der Waals surface area contributed by atoms with Crippen LogP contribution in [0.5, 0.6) is 0 Å². The van der Waals surface area contributed by atoms with E-state index in [0.29, 0.717) is 25.1 Å². The molecule has 3 rings (SSSR count). The predicted octanol–water partition coefficient (Wildman–Crippen LogP) is 2.32. The van der Waals surface area contributed by atoms with Crippen LogP contribution in [0.2, 0.25) is 0 Å². The van der Waals surface area contributed by atoms with Crippen LogP contribution >= 0.6 is 15.9 Å². The summed E-state index contributed by atoms with van der Waals surface area (Å²) in [5.41, 5.74) is 1.08. The number of benzene rings is 1. The number of pyridine rings is 1. The minimum Gasteiger partial charge on any atom is -0.477 e. The molecule has 0 amide bonds. The van der Waals surface area contributed by atoms with Gasteiger partial charge in [0.05, 0.1) is 24.4 Å². The minimum absolute atomic E-state index is 0.203. The molecule has 1 aromatic carbocycles. The zero-order valence-electron chi connectivity index (χ0n) is 12.7. The van der Waals surface area contributed by atoms with Gasteiger partial charge in [-0.3, -0.25) is 4.79 Å². The molecule has 1 fully saturated rings. The number of halogens is 1. The van der Waals surface area contributed by atoms with Gasteiger partial charge in [-0.1, -0.05) is 0 Å². The van der Waals surface area contributed by atoms with Crippen molar-refractivity contribution < 1.29 is 14.6 Å². The topological polar surface area (TPSA) is 71.8 Å². The first kappa shape index (κ1) is 16.0. The van der Waals surface area contributed by atoms with Crippen LogP contribution in [0.25, 0.3) is 10.9 Å². The quantitative estimate of drug-likeness (QED) is 0.884. The number of morpholine rings is 1. The first-order valence-electron chi connectivity index (χ1n) is 7.45. The lowest BCUT2D eigenvalue weighted by Crippen LogP contribution is -2.36. The van der Waals surface area contributed by atoms with Gasteiger partial charge in [0.1, 0.15) is 5.56 Å². The van der Waals surface area contributed by atoms with Gasteiger partial charge in [-0.2, -0.15) is 0 Å². The molecule has 2 aromatic rings. The number of carboxylic acids is 1. The van der Waals surface area contributed by atoms with Crippen molar-refractivity contribution in [3.63, 3.8) is 0 Å². The smallest absolute Gasteiger partial charge is 0.341 e. The molecule has 0 saturated carbocycles. The highest BCUT2D eigenvalue weighted by Crippen LogP contribution is 2.31. The maximum absolute atomic E-state index is 12.4. The lowest BCUT2D eigenvalue weighted by Gasteiger charge is -2.30. The lowest BCUT2D eigenvalue weighted by atomic mass is 10.1. The van der Waals surface area contributed by atoms with E-state index < -0.39 is 11.4 Å². The van der Waals surface area contributed by atoms with Crippen LogP contribution in [-0.4, -0.2) is 41.9 Å². The number of hydrogen-bond acceptors (Lipinski definition) is 4. The van der Waals surface area contributed by atoms with Gasteiger partial charge >= 0.3 is 5.97 Å². The van der Waals surface area contributed by atoms with Crippen molar-refractivity contribution in [2.45, 2.75) is 13.5 Å². The highest BCUT2D eigenvalue weighted by Gasteiger charge is 2.19. The average molecular weight is 381 g/mol. The number of aromatic nitrogens is 1. The Bertz CT molecular complexity index is 825. The molecule has 6 nitrogen and oxygen atoms in total. The van der Waals surface area contributed by atoms with Crippen molar-refractivity contribution in [3.8, 4) is 0 Å². The Morgan fingerprint density at radius 1 is 1.35 bits per heavy atom. The third-order valence-corrected chi connectivity index (χ3v) is 4.71. The molecule has 0 aliphatic carbocycles. The number of carbonyl (C=O) groups is 1. The summed E-state index contributed by atoms with van der Waals surface area (Å²) < 4.78 is 7.97.